The first-order valence-electron chi connectivity index (χ1n) is 6.87. The van der Waals surface area contributed by atoms with Gasteiger partial charge in [0.2, 0.25) is 0 Å². The summed E-state index contributed by atoms with van der Waals surface area (Å²) in [7, 11) is 0. The van der Waals surface area contributed by atoms with Crippen molar-refractivity contribution in [2.45, 2.75) is 78.4 Å². The Bertz CT molecular complexity index is 166. The summed E-state index contributed by atoms with van der Waals surface area (Å²) in [6, 6.07) is 0.568. The molecule has 16 heavy (non-hydrogen) atoms. The van der Waals surface area contributed by atoms with Crippen LogP contribution >= 0.6 is 0 Å². The van der Waals surface area contributed by atoms with Gasteiger partial charge in [-0.05, 0) is 32.1 Å². The van der Waals surface area contributed by atoms with Gasteiger partial charge in [-0.25, -0.2) is 0 Å². The molecule has 0 heterocycles. The van der Waals surface area contributed by atoms with Gasteiger partial charge in [-0.3, -0.25) is 0 Å². The van der Waals surface area contributed by atoms with Crippen molar-refractivity contribution in [2.75, 3.05) is 6.54 Å². The van der Waals surface area contributed by atoms with Crippen molar-refractivity contribution in [3.8, 4) is 0 Å². The molecule has 0 saturated carbocycles. The number of unbranched alkanes of at least 4 members (excludes halogenated alkanes) is 1. The Morgan fingerprint density at radius 1 is 1.25 bits per heavy atom. The second kappa shape index (κ2) is 8.08. The molecule has 2 unspecified atom stereocenters. The molecule has 0 fully saturated rings. The molecule has 98 valence electrons. The summed E-state index contributed by atoms with van der Waals surface area (Å²) in [5.74, 6) is 0.549. The molecule has 2 N–H and O–H groups in total. The standard InChI is InChI=1S/C14H31NO/c1-6-8-9-13(7-2)15-11-14(5,16)10-12(3)4/h12-13,15-16H,6-11H2,1-5H3. The summed E-state index contributed by atoms with van der Waals surface area (Å²) in [5, 5.41) is 13.7. The molecule has 0 rings (SSSR count). The van der Waals surface area contributed by atoms with E-state index in [1.54, 1.807) is 0 Å². The molecule has 2 heteroatoms. The van der Waals surface area contributed by atoms with Crippen LogP contribution in [0.3, 0.4) is 0 Å². The van der Waals surface area contributed by atoms with Crippen molar-refractivity contribution in [2.24, 2.45) is 5.92 Å². The Hall–Kier alpha value is -0.0800. The molecule has 2 nitrogen and oxygen atoms in total. The summed E-state index contributed by atoms with van der Waals surface area (Å²) in [5.41, 5.74) is -0.562. The van der Waals surface area contributed by atoms with E-state index in [1.165, 1.54) is 19.3 Å². The molecule has 0 aromatic rings. The Labute approximate surface area is 102 Å². The molecule has 0 aliphatic heterocycles. The lowest BCUT2D eigenvalue weighted by Gasteiger charge is -2.28. The summed E-state index contributed by atoms with van der Waals surface area (Å²) in [6.45, 7) is 11.4. The Kier molecular flexibility index (Phi) is 8.04. The van der Waals surface area contributed by atoms with E-state index in [4.69, 9.17) is 0 Å². The summed E-state index contributed by atoms with van der Waals surface area (Å²) >= 11 is 0. The molecule has 0 amide bonds. The molecule has 0 aliphatic carbocycles. The zero-order valence-corrected chi connectivity index (χ0v) is 11.8. The molecule has 0 aliphatic rings. The highest BCUT2D eigenvalue weighted by atomic mass is 16.3. The fourth-order valence-electron chi connectivity index (χ4n) is 2.22. The van der Waals surface area contributed by atoms with Gasteiger partial charge in [-0.15, -0.1) is 0 Å². The maximum Gasteiger partial charge on any atom is 0.0746 e. The smallest absolute Gasteiger partial charge is 0.0746 e. The van der Waals surface area contributed by atoms with Crippen LogP contribution in [0.1, 0.15) is 66.7 Å². The quantitative estimate of drug-likeness (QED) is 0.635. The van der Waals surface area contributed by atoms with Gasteiger partial charge < -0.3 is 10.4 Å². The molecule has 0 radical (unpaired) electrons. The third kappa shape index (κ3) is 8.12. The van der Waals surface area contributed by atoms with Crippen LogP contribution in [0.5, 0.6) is 0 Å². The average Bonchev–Trinajstić information content (AvgIpc) is 2.16. The molecule has 0 aromatic carbocycles. The molecule has 2 atom stereocenters. The van der Waals surface area contributed by atoms with Gasteiger partial charge in [0.15, 0.2) is 0 Å². The lowest BCUT2D eigenvalue weighted by atomic mass is 9.93. The topological polar surface area (TPSA) is 32.3 Å². The van der Waals surface area contributed by atoms with E-state index in [-0.39, 0.29) is 0 Å². The summed E-state index contributed by atoms with van der Waals surface area (Å²) < 4.78 is 0. The van der Waals surface area contributed by atoms with E-state index >= 15 is 0 Å². The highest BCUT2D eigenvalue weighted by Gasteiger charge is 2.22. The van der Waals surface area contributed by atoms with Crippen LogP contribution in [0.25, 0.3) is 0 Å². The third-order valence-corrected chi connectivity index (χ3v) is 3.02. The van der Waals surface area contributed by atoms with E-state index in [0.29, 0.717) is 18.5 Å². The van der Waals surface area contributed by atoms with Crippen molar-refractivity contribution >= 4 is 0 Å². The van der Waals surface area contributed by atoms with Crippen LogP contribution in [0, 0.1) is 5.92 Å². The van der Waals surface area contributed by atoms with Crippen molar-refractivity contribution in [3.63, 3.8) is 0 Å². The Morgan fingerprint density at radius 3 is 2.31 bits per heavy atom. The monoisotopic (exact) mass is 229 g/mol. The van der Waals surface area contributed by atoms with Gasteiger partial charge in [0.05, 0.1) is 5.60 Å². The predicted molar refractivity (Wildman–Crippen MR) is 71.7 cm³/mol. The fourth-order valence-corrected chi connectivity index (χ4v) is 2.22. The van der Waals surface area contributed by atoms with Crippen molar-refractivity contribution in [1.29, 1.82) is 0 Å². The Morgan fingerprint density at radius 2 is 1.88 bits per heavy atom. The van der Waals surface area contributed by atoms with Crippen molar-refractivity contribution in [3.05, 3.63) is 0 Å². The lowest BCUT2D eigenvalue weighted by Crippen LogP contribution is -2.43. The molecule has 0 bridgehead atoms. The number of aliphatic hydroxyl groups is 1. The van der Waals surface area contributed by atoms with Gasteiger partial charge in [0.25, 0.3) is 0 Å². The molecule has 0 spiro atoms. The normalized spacial score (nSPS) is 17.4. The van der Waals surface area contributed by atoms with Crippen LogP contribution in [0.15, 0.2) is 0 Å². The van der Waals surface area contributed by atoms with Crippen LogP contribution in [0.4, 0.5) is 0 Å². The van der Waals surface area contributed by atoms with E-state index in [9.17, 15) is 5.11 Å². The first kappa shape index (κ1) is 15.9. The van der Waals surface area contributed by atoms with Crippen molar-refractivity contribution in [1.82, 2.24) is 5.32 Å². The molecular formula is C14H31NO. The summed E-state index contributed by atoms with van der Waals surface area (Å²) in [6.07, 6.45) is 5.77. The van der Waals surface area contributed by atoms with Crippen LogP contribution in [-0.4, -0.2) is 23.3 Å². The van der Waals surface area contributed by atoms with E-state index in [0.717, 1.165) is 12.8 Å². The van der Waals surface area contributed by atoms with Gasteiger partial charge in [-0.2, -0.15) is 0 Å². The largest absolute Gasteiger partial charge is 0.389 e. The van der Waals surface area contributed by atoms with Crippen molar-refractivity contribution < 1.29 is 5.11 Å². The summed E-state index contributed by atoms with van der Waals surface area (Å²) in [4.78, 5) is 0. The predicted octanol–water partition coefficient (Wildman–Crippen LogP) is 3.34. The van der Waals surface area contributed by atoms with Crippen LogP contribution < -0.4 is 5.32 Å². The second-order valence-corrected chi connectivity index (χ2v) is 5.72. The van der Waals surface area contributed by atoms with Crippen LogP contribution in [-0.2, 0) is 0 Å². The minimum Gasteiger partial charge on any atom is -0.389 e. The zero-order chi connectivity index (χ0) is 12.6. The molecule has 0 aromatic heterocycles. The number of nitrogens with one attached hydrogen (secondary N) is 1. The third-order valence-electron chi connectivity index (χ3n) is 3.02. The maximum atomic E-state index is 10.2. The fraction of sp³-hybridized carbons (Fsp3) is 1.00. The highest BCUT2D eigenvalue weighted by Crippen LogP contribution is 2.16. The van der Waals surface area contributed by atoms with E-state index in [2.05, 4.69) is 33.0 Å². The average molecular weight is 229 g/mol. The number of rotatable bonds is 9. The number of hydrogen-bond donors (Lipinski definition) is 2. The molecule has 0 saturated heterocycles. The van der Waals surface area contributed by atoms with Gasteiger partial charge in [0.1, 0.15) is 0 Å². The minimum absolute atomic E-state index is 0.549. The van der Waals surface area contributed by atoms with E-state index in [1.807, 2.05) is 6.92 Å². The number of hydrogen-bond acceptors (Lipinski definition) is 2. The minimum atomic E-state index is -0.562. The second-order valence-electron chi connectivity index (χ2n) is 5.72. The van der Waals surface area contributed by atoms with Gasteiger partial charge >= 0.3 is 0 Å². The first-order valence-corrected chi connectivity index (χ1v) is 6.87. The lowest BCUT2D eigenvalue weighted by molar-refractivity contribution is 0.0354. The molecular weight excluding hydrogens is 198 g/mol. The Balaban J connectivity index is 3.89. The maximum absolute atomic E-state index is 10.2. The van der Waals surface area contributed by atoms with E-state index < -0.39 is 5.60 Å². The first-order chi connectivity index (χ1) is 7.41. The van der Waals surface area contributed by atoms with Gasteiger partial charge in [0, 0.05) is 12.6 Å². The SMILES string of the molecule is CCCCC(CC)NCC(C)(O)CC(C)C. The zero-order valence-electron chi connectivity index (χ0n) is 11.8. The van der Waals surface area contributed by atoms with Gasteiger partial charge in [-0.1, -0.05) is 40.5 Å². The van der Waals surface area contributed by atoms with Crippen LogP contribution in [0.2, 0.25) is 0 Å². The highest BCUT2D eigenvalue weighted by molar-refractivity contribution is 4.79.